The van der Waals surface area contributed by atoms with Crippen molar-refractivity contribution in [2.24, 2.45) is 0 Å². The molecule has 110 valence electrons. The largest absolute Gasteiger partial charge is 0.459 e. The van der Waals surface area contributed by atoms with Crippen molar-refractivity contribution >= 4 is 11.7 Å². The number of ether oxygens (including phenoxy) is 1. The molecule has 0 amide bonds. The second-order valence-corrected chi connectivity index (χ2v) is 5.86. The highest BCUT2D eigenvalue weighted by molar-refractivity contribution is 5.89. The SMILES string of the molecule is CC(C)OC(=O)c1ccc(NC2CCCCCC2)cc1. The van der Waals surface area contributed by atoms with Gasteiger partial charge in [-0.25, -0.2) is 4.79 Å². The second kappa shape index (κ2) is 7.32. The smallest absolute Gasteiger partial charge is 0.338 e. The normalized spacial score (nSPS) is 16.8. The molecule has 0 heterocycles. The third-order valence-electron chi connectivity index (χ3n) is 3.69. The summed E-state index contributed by atoms with van der Waals surface area (Å²) in [5.41, 5.74) is 1.71. The van der Waals surface area contributed by atoms with E-state index in [2.05, 4.69) is 5.32 Å². The first-order valence-corrected chi connectivity index (χ1v) is 7.73. The molecule has 0 aromatic heterocycles. The Morgan fingerprint density at radius 2 is 1.70 bits per heavy atom. The molecule has 0 spiro atoms. The lowest BCUT2D eigenvalue weighted by atomic mass is 10.1. The molecule has 2 rings (SSSR count). The van der Waals surface area contributed by atoms with Crippen molar-refractivity contribution in [2.45, 2.75) is 64.5 Å². The summed E-state index contributed by atoms with van der Waals surface area (Å²) in [6.45, 7) is 3.72. The molecule has 1 N–H and O–H groups in total. The topological polar surface area (TPSA) is 38.3 Å². The zero-order valence-electron chi connectivity index (χ0n) is 12.5. The number of hydrogen-bond donors (Lipinski definition) is 1. The Labute approximate surface area is 121 Å². The summed E-state index contributed by atoms with van der Waals surface area (Å²) in [6.07, 6.45) is 7.77. The van der Waals surface area contributed by atoms with Crippen LogP contribution in [0.25, 0.3) is 0 Å². The van der Waals surface area contributed by atoms with E-state index in [4.69, 9.17) is 4.74 Å². The summed E-state index contributed by atoms with van der Waals surface area (Å²) < 4.78 is 5.18. The van der Waals surface area contributed by atoms with Crippen molar-refractivity contribution in [3.8, 4) is 0 Å². The van der Waals surface area contributed by atoms with Gasteiger partial charge in [-0.1, -0.05) is 25.7 Å². The number of benzene rings is 1. The van der Waals surface area contributed by atoms with Gasteiger partial charge in [0.05, 0.1) is 11.7 Å². The average molecular weight is 275 g/mol. The van der Waals surface area contributed by atoms with Crippen LogP contribution in [0, 0.1) is 0 Å². The van der Waals surface area contributed by atoms with E-state index in [1.807, 2.05) is 38.1 Å². The van der Waals surface area contributed by atoms with Gasteiger partial charge in [-0.2, -0.15) is 0 Å². The molecular formula is C17H25NO2. The molecule has 0 atom stereocenters. The van der Waals surface area contributed by atoms with Crippen LogP contribution in [0.4, 0.5) is 5.69 Å². The van der Waals surface area contributed by atoms with Crippen LogP contribution in [-0.4, -0.2) is 18.1 Å². The van der Waals surface area contributed by atoms with Crippen LogP contribution in [0.5, 0.6) is 0 Å². The Bertz CT molecular complexity index is 417. The molecule has 3 nitrogen and oxygen atoms in total. The molecule has 0 bridgehead atoms. The zero-order valence-corrected chi connectivity index (χ0v) is 12.5. The lowest BCUT2D eigenvalue weighted by Gasteiger charge is -2.17. The number of nitrogens with one attached hydrogen (secondary N) is 1. The first-order chi connectivity index (χ1) is 9.65. The van der Waals surface area contributed by atoms with Gasteiger partial charge in [0.2, 0.25) is 0 Å². The highest BCUT2D eigenvalue weighted by Crippen LogP contribution is 2.21. The summed E-state index contributed by atoms with van der Waals surface area (Å²) >= 11 is 0. The number of esters is 1. The van der Waals surface area contributed by atoms with Gasteiger partial charge in [-0.05, 0) is 51.0 Å². The van der Waals surface area contributed by atoms with Crippen molar-refractivity contribution in [3.63, 3.8) is 0 Å². The maximum Gasteiger partial charge on any atom is 0.338 e. The van der Waals surface area contributed by atoms with E-state index >= 15 is 0 Å². The summed E-state index contributed by atoms with van der Waals surface area (Å²) in [5.74, 6) is -0.249. The van der Waals surface area contributed by atoms with Crippen LogP contribution in [0.3, 0.4) is 0 Å². The van der Waals surface area contributed by atoms with Gasteiger partial charge in [0.25, 0.3) is 0 Å². The molecule has 1 aliphatic rings. The first kappa shape index (κ1) is 14.9. The summed E-state index contributed by atoms with van der Waals surface area (Å²) in [5, 5.41) is 3.58. The molecule has 3 heteroatoms. The van der Waals surface area contributed by atoms with Gasteiger partial charge in [0, 0.05) is 11.7 Å². The van der Waals surface area contributed by atoms with Gasteiger partial charge < -0.3 is 10.1 Å². The minimum atomic E-state index is -0.249. The molecule has 0 radical (unpaired) electrons. The Kier molecular flexibility index (Phi) is 5.45. The number of rotatable bonds is 4. The fourth-order valence-corrected chi connectivity index (χ4v) is 2.64. The molecule has 0 aliphatic heterocycles. The highest BCUT2D eigenvalue weighted by atomic mass is 16.5. The van der Waals surface area contributed by atoms with Gasteiger partial charge in [0.1, 0.15) is 0 Å². The van der Waals surface area contributed by atoms with Gasteiger partial charge in [0.15, 0.2) is 0 Å². The fourth-order valence-electron chi connectivity index (χ4n) is 2.64. The minimum absolute atomic E-state index is 0.0775. The minimum Gasteiger partial charge on any atom is -0.459 e. The monoisotopic (exact) mass is 275 g/mol. The van der Waals surface area contributed by atoms with Crippen molar-refractivity contribution in [1.82, 2.24) is 0 Å². The van der Waals surface area contributed by atoms with Gasteiger partial charge in [-0.3, -0.25) is 0 Å². The highest BCUT2D eigenvalue weighted by Gasteiger charge is 2.13. The molecule has 1 fully saturated rings. The van der Waals surface area contributed by atoms with E-state index in [0.29, 0.717) is 11.6 Å². The molecular weight excluding hydrogens is 250 g/mol. The molecule has 0 unspecified atom stereocenters. The molecule has 20 heavy (non-hydrogen) atoms. The Morgan fingerprint density at radius 3 is 2.25 bits per heavy atom. The van der Waals surface area contributed by atoms with Crippen LogP contribution in [-0.2, 0) is 4.74 Å². The van der Waals surface area contributed by atoms with Crippen molar-refractivity contribution in [1.29, 1.82) is 0 Å². The Hall–Kier alpha value is -1.51. The molecule has 1 saturated carbocycles. The molecule has 1 aromatic rings. The second-order valence-electron chi connectivity index (χ2n) is 5.86. The summed E-state index contributed by atoms with van der Waals surface area (Å²) in [6, 6.07) is 8.20. The molecule has 1 aromatic carbocycles. The average Bonchev–Trinajstić information content (AvgIpc) is 2.67. The Morgan fingerprint density at radius 1 is 1.10 bits per heavy atom. The van der Waals surface area contributed by atoms with Crippen molar-refractivity contribution in [2.75, 3.05) is 5.32 Å². The Balaban J connectivity index is 1.92. The van der Waals surface area contributed by atoms with E-state index in [1.165, 1.54) is 38.5 Å². The lowest BCUT2D eigenvalue weighted by Crippen LogP contribution is -2.18. The zero-order chi connectivity index (χ0) is 14.4. The predicted molar refractivity (Wildman–Crippen MR) is 82.1 cm³/mol. The van der Waals surface area contributed by atoms with E-state index in [9.17, 15) is 4.79 Å². The standard InChI is InChI=1S/C17H25NO2/c1-13(2)20-17(19)14-9-11-16(12-10-14)18-15-7-5-3-4-6-8-15/h9-13,15,18H,3-8H2,1-2H3. The number of anilines is 1. The number of carbonyl (C=O) groups is 1. The van der Waals surface area contributed by atoms with E-state index in [0.717, 1.165) is 5.69 Å². The van der Waals surface area contributed by atoms with Gasteiger partial charge >= 0.3 is 5.97 Å². The van der Waals surface area contributed by atoms with Crippen LogP contribution in [0.1, 0.15) is 62.7 Å². The lowest BCUT2D eigenvalue weighted by molar-refractivity contribution is 0.0378. The molecule has 1 aliphatic carbocycles. The third kappa shape index (κ3) is 4.55. The quantitative estimate of drug-likeness (QED) is 0.654. The third-order valence-corrected chi connectivity index (χ3v) is 3.69. The van der Waals surface area contributed by atoms with E-state index < -0.39 is 0 Å². The van der Waals surface area contributed by atoms with E-state index in [1.54, 1.807) is 0 Å². The van der Waals surface area contributed by atoms with Crippen molar-refractivity contribution < 1.29 is 9.53 Å². The van der Waals surface area contributed by atoms with Crippen LogP contribution in [0.15, 0.2) is 24.3 Å². The fraction of sp³-hybridized carbons (Fsp3) is 0.588. The first-order valence-electron chi connectivity index (χ1n) is 7.73. The van der Waals surface area contributed by atoms with Crippen LogP contribution >= 0.6 is 0 Å². The number of hydrogen-bond acceptors (Lipinski definition) is 3. The maximum absolute atomic E-state index is 11.8. The molecule has 0 saturated heterocycles. The van der Waals surface area contributed by atoms with Crippen LogP contribution in [0.2, 0.25) is 0 Å². The van der Waals surface area contributed by atoms with E-state index in [-0.39, 0.29) is 12.1 Å². The van der Waals surface area contributed by atoms with Crippen LogP contribution < -0.4 is 5.32 Å². The predicted octanol–water partition coefficient (Wildman–Crippen LogP) is 4.39. The van der Waals surface area contributed by atoms with Gasteiger partial charge in [-0.15, -0.1) is 0 Å². The van der Waals surface area contributed by atoms with Crippen molar-refractivity contribution in [3.05, 3.63) is 29.8 Å². The maximum atomic E-state index is 11.8. The summed E-state index contributed by atoms with van der Waals surface area (Å²) in [7, 11) is 0. The summed E-state index contributed by atoms with van der Waals surface area (Å²) in [4.78, 5) is 11.8. The number of carbonyl (C=O) groups excluding carboxylic acids is 1.